The van der Waals surface area contributed by atoms with Gasteiger partial charge in [-0.25, -0.2) is 0 Å². The lowest BCUT2D eigenvalue weighted by molar-refractivity contribution is -0.118. The van der Waals surface area contributed by atoms with Gasteiger partial charge in [0.1, 0.15) is 5.88 Å². The van der Waals surface area contributed by atoms with Gasteiger partial charge in [0.2, 0.25) is 5.91 Å². The van der Waals surface area contributed by atoms with Gasteiger partial charge in [-0.1, -0.05) is 15.9 Å². The fraction of sp³-hybridized carbons (Fsp3) is 0.250. The highest BCUT2D eigenvalue weighted by Crippen LogP contribution is 2.24. The molecule has 2 rings (SSSR count). The predicted octanol–water partition coefficient (Wildman–Crippen LogP) is 3.09. The zero-order valence-electron chi connectivity index (χ0n) is 9.31. The first kappa shape index (κ1) is 12.5. The lowest BCUT2D eigenvalue weighted by atomic mass is 10.2. The van der Waals surface area contributed by atoms with Crippen molar-refractivity contribution in [2.45, 2.75) is 13.5 Å². The number of amides is 1. The van der Waals surface area contributed by atoms with Gasteiger partial charge < -0.3 is 10.3 Å². The summed E-state index contributed by atoms with van der Waals surface area (Å²) in [7, 11) is 0. The standard InChI is InChI=1S/C12H12BrClN2O/c1-7-2-9(13)3-8-4-10(16-12(7)8)6-15-11(17)5-14/h2-4,16H,5-6H2,1H3,(H,15,17). The van der Waals surface area contributed by atoms with Gasteiger partial charge in [0.05, 0.1) is 6.54 Å². The summed E-state index contributed by atoms with van der Waals surface area (Å²) in [5.41, 5.74) is 3.24. The van der Waals surface area contributed by atoms with E-state index in [-0.39, 0.29) is 11.8 Å². The van der Waals surface area contributed by atoms with Crippen molar-refractivity contribution in [3.8, 4) is 0 Å². The van der Waals surface area contributed by atoms with Crippen molar-refractivity contribution in [1.29, 1.82) is 0 Å². The molecular weight excluding hydrogens is 304 g/mol. The van der Waals surface area contributed by atoms with Crippen LogP contribution in [0.5, 0.6) is 0 Å². The monoisotopic (exact) mass is 314 g/mol. The van der Waals surface area contributed by atoms with Gasteiger partial charge in [0.15, 0.2) is 0 Å². The molecule has 1 aromatic heterocycles. The van der Waals surface area contributed by atoms with E-state index in [0.717, 1.165) is 21.1 Å². The molecule has 0 aliphatic heterocycles. The molecule has 0 aliphatic rings. The van der Waals surface area contributed by atoms with Gasteiger partial charge in [-0.3, -0.25) is 4.79 Å². The molecule has 2 N–H and O–H groups in total. The Labute approximate surface area is 113 Å². The largest absolute Gasteiger partial charge is 0.357 e. The van der Waals surface area contributed by atoms with Gasteiger partial charge in [0, 0.05) is 21.1 Å². The molecule has 0 saturated carbocycles. The number of hydrogen-bond donors (Lipinski definition) is 2. The van der Waals surface area contributed by atoms with Crippen molar-refractivity contribution < 1.29 is 4.79 Å². The molecule has 0 fully saturated rings. The number of alkyl halides is 1. The van der Waals surface area contributed by atoms with Crippen molar-refractivity contribution in [2.24, 2.45) is 0 Å². The second-order valence-corrected chi connectivity index (χ2v) is 5.07. The van der Waals surface area contributed by atoms with Crippen LogP contribution < -0.4 is 5.32 Å². The van der Waals surface area contributed by atoms with Crippen LogP contribution in [0.15, 0.2) is 22.7 Å². The van der Waals surface area contributed by atoms with Crippen LogP contribution in [0.2, 0.25) is 0 Å². The van der Waals surface area contributed by atoms with E-state index in [1.165, 1.54) is 5.56 Å². The summed E-state index contributed by atoms with van der Waals surface area (Å²) in [6.45, 7) is 2.52. The molecule has 0 bridgehead atoms. The van der Waals surface area contributed by atoms with Crippen LogP contribution in [0.3, 0.4) is 0 Å². The summed E-state index contributed by atoms with van der Waals surface area (Å²) in [5, 5.41) is 3.86. The summed E-state index contributed by atoms with van der Waals surface area (Å²) >= 11 is 8.88. The summed E-state index contributed by atoms with van der Waals surface area (Å²) in [4.78, 5) is 14.3. The zero-order chi connectivity index (χ0) is 12.4. The minimum atomic E-state index is -0.164. The van der Waals surface area contributed by atoms with E-state index in [1.807, 2.05) is 19.1 Å². The number of aromatic amines is 1. The molecule has 0 atom stereocenters. The fourth-order valence-electron chi connectivity index (χ4n) is 1.77. The van der Waals surface area contributed by atoms with E-state index >= 15 is 0 Å². The smallest absolute Gasteiger partial charge is 0.235 e. The second-order valence-electron chi connectivity index (χ2n) is 3.89. The van der Waals surface area contributed by atoms with E-state index < -0.39 is 0 Å². The molecule has 0 saturated heterocycles. The van der Waals surface area contributed by atoms with Gasteiger partial charge in [-0.15, -0.1) is 11.6 Å². The highest BCUT2D eigenvalue weighted by molar-refractivity contribution is 9.10. The molecule has 3 nitrogen and oxygen atoms in total. The number of carbonyl (C=O) groups is 1. The van der Waals surface area contributed by atoms with Crippen molar-refractivity contribution in [1.82, 2.24) is 10.3 Å². The molecule has 90 valence electrons. The average molecular weight is 316 g/mol. The number of aromatic nitrogens is 1. The Morgan fingerprint density at radius 3 is 2.94 bits per heavy atom. The maximum absolute atomic E-state index is 11.1. The topological polar surface area (TPSA) is 44.9 Å². The summed E-state index contributed by atoms with van der Waals surface area (Å²) in [6, 6.07) is 6.13. The first-order valence-corrected chi connectivity index (χ1v) is 6.53. The second kappa shape index (κ2) is 5.10. The molecule has 17 heavy (non-hydrogen) atoms. The number of halogens is 2. The number of hydrogen-bond acceptors (Lipinski definition) is 1. The summed E-state index contributed by atoms with van der Waals surface area (Å²) in [5.74, 6) is -0.173. The third-order valence-corrected chi connectivity index (χ3v) is 3.24. The Morgan fingerprint density at radius 2 is 2.24 bits per heavy atom. The minimum Gasteiger partial charge on any atom is -0.357 e. The zero-order valence-corrected chi connectivity index (χ0v) is 11.7. The Morgan fingerprint density at radius 1 is 1.47 bits per heavy atom. The lowest BCUT2D eigenvalue weighted by Gasteiger charge is -1.99. The van der Waals surface area contributed by atoms with Crippen LogP contribution in [-0.2, 0) is 11.3 Å². The number of rotatable bonds is 3. The number of aryl methyl sites for hydroxylation is 1. The normalized spacial score (nSPS) is 10.8. The lowest BCUT2D eigenvalue weighted by Crippen LogP contribution is -2.23. The van der Waals surface area contributed by atoms with Crippen molar-refractivity contribution >= 4 is 44.3 Å². The average Bonchev–Trinajstić information content (AvgIpc) is 2.69. The van der Waals surface area contributed by atoms with E-state index in [2.05, 4.69) is 32.3 Å². The van der Waals surface area contributed by atoms with Crippen LogP contribution in [0.4, 0.5) is 0 Å². The number of H-pyrrole nitrogens is 1. The van der Waals surface area contributed by atoms with Crippen LogP contribution in [0.25, 0.3) is 10.9 Å². The number of benzene rings is 1. The number of fused-ring (bicyclic) bond motifs is 1. The molecule has 2 aromatic rings. The van der Waals surface area contributed by atoms with Crippen LogP contribution in [0, 0.1) is 6.92 Å². The quantitative estimate of drug-likeness (QED) is 0.840. The van der Waals surface area contributed by atoms with Gasteiger partial charge in [0.25, 0.3) is 0 Å². The fourth-order valence-corrected chi connectivity index (χ4v) is 2.46. The third kappa shape index (κ3) is 2.82. The highest BCUT2D eigenvalue weighted by Gasteiger charge is 2.05. The molecule has 1 aromatic carbocycles. The van der Waals surface area contributed by atoms with E-state index in [0.29, 0.717) is 6.54 Å². The van der Waals surface area contributed by atoms with Crippen molar-refractivity contribution in [3.63, 3.8) is 0 Å². The Bertz CT molecular complexity index is 565. The molecule has 1 heterocycles. The van der Waals surface area contributed by atoms with E-state index in [1.54, 1.807) is 0 Å². The number of nitrogens with one attached hydrogen (secondary N) is 2. The third-order valence-electron chi connectivity index (χ3n) is 2.54. The molecule has 1 amide bonds. The van der Waals surface area contributed by atoms with Crippen LogP contribution in [-0.4, -0.2) is 16.8 Å². The maximum Gasteiger partial charge on any atom is 0.235 e. The first-order valence-electron chi connectivity index (χ1n) is 5.20. The van der Waals surface area contributed by atoms with Crippen molar-refractivity contribution in [2.75, 3.05) is 5.88 Å². The van der Waals surface area contributed by atoms with E-state index in [9.17, 15) is 4.79 Å². The maximum atomic E-state index is 11.1. The summed E-state index contributed by atoms with van der Waals surface area (Å²) < 4.78 is 1.05. The molecule has 0 unspecified atom stereocenters. The van der Waals surface area contributed by atoms with Crippen LogP contribution >= 0.6 is 27.5 Å². The Balaban J connectivity index is 2.26. The van der Waals surface area contributed by atoms with Crippen molar-refractivity contribution in [3.05, 3.63) is 33.9 Å². The Kier molecular flexibility index (Phi) is 3.74. The minimum absolute atomic E-state index is 0.00912. The molecule has 0 spiro atoms. The highest BCUT2D eigenvalue weighted by atomic mass is 79.9. The molecule has 0 radical (unpaired) electrons. The predicted molar refractivity (Wildman–Crippen MR) is 73.3 cm³/mol. The molecule has 5 heteroatoms. The van der Waals surface area contributed by atoms with E-state index in [4.69, 9.17) is 11.6 Å². The first-order chi connectivity index (χ1) is 8.10. The number of carbonyl (C=O) groups excluding carboxylic acids is 1. The van der Waals surface area contributed by atoms with Crippen LogP contribution in [0.1, 0.15) is 11.3 Å². The Hall–Kier alpha value is -1.00. The molecule has 0 aliphatic carbocycles. The van der Waals surface area contributed by atoms with Gasteiger partial charge in [-0.05, 0) is 30.7 Å². The van der Waals surface area contributed by atoms with Gasteiger partial charge >= 0.3 is 0 Å². The van der Waals surface area contributed by atoms with Gasteiger partial charge in [-0.2, -0.15) is 0 Å². The summed E-state index contributed by atoms with van der Waals surface area (Å²) in [6.07, 6.45) is 0. The SMILES string of the molecule is Cc1cc(Br)cc2cc(CNC(=O)CCl)[nH]c12. The molecular formula is C12H12BrClN2O.